The van der Waals surface area contributed by atoms with E-state index in [1.807, 2.05) is 29.6 Å². The van der Waals surface area contributed by atoms with Gasteiger partial charge in [0.1, 0.15) is 0 Å². The lowest BCUT2D eigenvalue weighted by Crippen LogP contribution is -2.23. The van der Waals surface area contributed by atoms with E-state index in [0.717, 1.165) is 33.4 Å². The lowest BCUT2D eigenvalue weighted by molar-refractivity contribution is 0.663. The Morgan fingerprint density at radius 3 is 2.48 bits per heavy atom. The van der Waals surface area contributed by atoms with Crippen molar-refractivity contribution in [2.75, 3.05) is 5.84 Å². The molecule has 1 heterocycles. The zero-order valence-electron chi connectivity index (χ0n) is 11.6. The van der Waals surface area contributed by atoms with Crippen LogP contribution in [0.5, 0.6) is 0 Å². The van der Waals surface area contributed by atoms with Crippen LogP contribution >= 0.6 is 27.3 Å². The maximum atomic E-state index is 6.14. The normalized spacial score (nSPS) is 16.2. The minimum atomic E-state index is 0.728. The van der Waals surface area contributed by atoms with Crippen molar-refractivity contribution < 1.29 is 0 Å². The Morgan fingerprint density at radius 2 is 1.76 bits per heavy atom. The summed E-state index contributed by atoms with van der Waals surface area (Å²) in [7, 11) is 0. The molecular formula is C15H17BrN4S. The van der Waals surface area contributed by atoms with E-state index in [9.17, 15) is 0 Å². The van der Waals surface area contributed by atoms with Crippen molar-refractivity contribution in [1.29, 1.82) is 0 Å². The second-order valence-corrected chi connectivity index (χ2v) is 6.86. The Bertz CT molecular complexity index is 704. The number of nitrogens with zero attached hydrogens (tertiary/aromatic N) is 3. The summed E-state index contributed by atoms with van der Waals surface area (Å²) in [5.41, 5.74) is 3.22. The number of hydrogen-bond donors (Lipinski definition) is 1. The molecular weight excluding hydrogens is 348 g/mol. The zero-order valence-corrected chi connectivity index (χ0v) is 14.0. The maximum absolute atomic E-state index is 6.14. The Hall–Kier alpha value is -1.40. The first-order valence-corrected chi connectivity index (χ1v) is 8.72. The Kier molecular flexibility index (Phi) is 4.55. The number of nitrogen functional groups attached to an aromatic ring is 1. The summed E-state index contributed by atoms with van der Waals surface area (Å²) in [5, 5.41) is 10.7. The fourth-order valence-electron chi connectivity index (χ4n) is 2.40. The SMILES string of the molecule is Nn1c(-c2ccc(Br)cc2)cs/c1=N\N=C1CCCCC1. The highest BCUT2D eigenvalue weighted by Gasteiger charge is 2.07. The summed E-state index contributed by atoms with van der Waals surface area (Å²) in [6, 6.07) is 8.08. The third-order valence-corrected chi connectivity index (χ3v) is 4.95. The summed E-state index contributed by atoms with van der Waals surface area (Å²) in [6.45, 7) is 0. The molecule has 4 nitrogen and oxygen atoms in total. The van der Waals surface area contributed by atoms with Crippen molar-refractivity contribution in [2.24, 2.45) is 10.2 Å². The number of rotatable bonds is 2. The molecule has 1 aliphatic rings. The fraction of sp³-hybridized carbons (Fsp3) is 0.333. The maximum Gasteiger partial charge on any atom is 0.229 e. The quantitative estimate of drug-likeness (QED) is 0.637. The van der Waals surface area contributed by atoms with Crippen LogP contribution in [0.2, 0.25) is 0 Å². The van der Waals surface area contributed by atoms with Crippen LogP contribution in [0.1, 0.15) is 32.1 Å². The molecule has 0 bridgehead atoms. The summed E-state index contributed by atoms with van der Waals surface area (Å²) in [5.74, 6) is 6.14. The summed E-state index contributed by atoms with van der Waals surface area (Å²) >= 11 is 4.96. The second kappa shape index (κ2) is 6.58. The van der Waals surface area contributed by atoms with Gasteiger partial charge in [0.05, 0.1) is 5.69 Å². The average molecular weight is 365 g/mol. The molecule has 0 spiro atoms. The van der Waals surface area contributed by atoms with Gasteiger partial charge in [-0.25, -0.2) is 4.68 Å². The summed E-state index contributed by atoms with van der Waals surface area (Å²) < 4.78 is 2.67. The molecule has 1 fully saturated rings. The molecule has 0 saturated heterocycles. The van der Waals surface area contributed by atoms with E-state index < -0.39 is 0 Å². The first-order chi connectivity index (χ1) is 10.2. The van der Waals surface area contributed by atoms with Gasteiger partial charge in [0.25, 0.3) is 0 Å². The van der Waals surface area contributed by atoms with Crippen LogP contribution in [-0.4, -0.2) is 10.4 Å². The van der Waals surface area contributed by atoms with Gasteiger partial charge in [-0.05, 0) is 37.8 Å². The van der Waals surface area contributed by atoms with Crippen molar-refractivity contribution in [3.63, 3.8) is 0 Å². The van der Waals surface area contributed by atoms with Crippen molar-refractivity contribution in [3.05, 3.63) is 38.9 Å². The van der Waals surface area contributed by atoms with Crippen LogP contribution in [0, 0.1) is 0 Å². The van der Waals surface area contributed by atoms with Gasteiger partial charge in [0.2, 0.25) is 4.80 Å². The molecule has 0 aliphatic heterocycles. The largest absolute Gasteiger partial charge is 0.336 e. The van der Waals surface area contributed by atoms with E-state index in [-0.39, 0.29) is 0 Å². The molecule has 0 atom stereocenters. The van der Waals surface area contributed by atoms with Crippen LogP contribution in [0.15, 0.2) is 44.3 Å². The predicted molar refractivity (Wildman–Crippen MR) is 91.7 cm³/mol. The van der Waals surface area contributed by atoms with Gasteiger partial charge in [0.15, 0.2) is 0 Å². The minimum Gasteiger partial charge on any atom is -0.336 e. The lowest BCUT2D eigenvalue weighted by Gasteiger charge is -2.09. The van der Waals surface area contributed by atoms with E-state index >= 15 is 0 Å². The Morgan fingerprint density at radius 1 is 1.05 bits per heavy atom. The Balaban J connectivity index is 1.90. The van der Waals surface area contributed by atoms with Gasteiger partial charge >= 0.3 is 0 Å². The van der Waals surface area contributed by atoms with Crippen LogP contribution in [0.4, 0.5) is 0 Å². The highest BCUT2D eigenvalue weighted by molar-refractivity contribution is 9.10. The molecule has 2 aromatic rings. The van der Waals surface area contributed by atoms with E-state index in [1.165, 1.54) is 36.3 Å². The van der Waals surface area contributed by atoms with Crippen LogP contribution in [-0.2, 0) is 0 Å². The molecule has 1 aliphatic carbocycles. The molecule has 6 heteroatoms. The highest BCUT2D eigenvalue weighted by atomic mass is 79.9. The van der Waals surface area contributed by atoms with E-state index in [2.05, 4.69) is 26.1 Å². The molecule has 110 valence electrons. The van der Waals surface area contributed by atoms with E-state index in [1.54, 1.807) is 4.68 Å². The van der Waals surface area contributed by atoms with Gasteiger partial charge in [0, 0.05) is 21.1 Å². The summed E-state index contributed by atoms with van der Waals surface area (Å²) in [4.78, 5) is 0.728. The minimum absolute atomic E-state index is 0.728. The van der Waals surface area contributed by atoms with Gasteiger partial charge in [-0.1, -0.05) is 34.5 Å². The van der Waals surface area contributed by atoms with Gasteiger partial charge in [-0.2, -0.15) is 5.10 Å². The average Bonchev–Trinajstić information content (AvgIpc) is 2.88. The van der Waals surface area contributed by atoms with Gasteiger partial charge in [-0.15, -0.1) is 16.4 Å². The first kappa shape index (κ1) is 14.5. The molecule has 1 aromatic carbocycles. The molecule has 0 unspecified atom stereocenters. The molecule has 0 amide bonds. The highest BCUT2D eigenvalue weighted by Crippen LogP contribution is 2.21. The van der Waals surface area contributed by atoms with Gasteiger partial charge < -0.3 is 5.84 Å². The third-order valence-electron chi connectivity index (χ3n) is 3.59. The lowest BCUT2D eigenvalue weighted by atomic mass is 9.99. The molecule has 0 radical (unpaired) electrons. The number of thiazole rings is 1. The number of aromatic nitrogens is 1. The predicted octanol–water partition coefficient (Wildman–Crippen LogP) is 3.91. The molecule has 1 aromatic heterocycles. The Labute approximate surface area is 136 Å². The monoisotopic (exact) mass is 364 g/mol. The van der Waals surface area contributed by atoms with Crippen molar-refractivity contribution >= 4 is 33.0 Å². The first-order valence-electron chi connectivity index (χ1n) is 7.05. The number of benzene rings is 1. The third kappa shape index (κ3) is 3.44. The van der Waals surface area contributed by atoms with Crippen LogP contribution in [0.25, 0.3) is 11.3 Å². The summed E-state index contributed by atoms with van der Waals surface area (Å²) in [6.07, 6.45) is 5.90. The second-order valence-electron chi connectivity index (χ2n) is 5.11. The van der Waals surface area contributed by atoms with Gasteiger partial charge in [-0.3, -0.25) is 0 Å². The molecule has 2 N–H and O–H groups in total. The number of nitrogens with two attached hydrogens (primary N) is 1. The van der Waals surface area contributed by atoms with Crippen molar-refractivity contribution in [2.45, 2.75) is 32.1 Å². The molecule has 1 saturated carbocycles. The number of hydrogen-bond acceptors (Lipinski definition) is 4. The number of halogens is 1. The smallest absolute Gasteiger partial charge is 0.229 e. The topological polar surface area (TPSA) is 55.7 Å². The van der Waals surface area contributed by atoms with E-state index in [4.69, 9.17) is 5.84 Å². The standard InChI is InChI=1S/C15H17BrN4S/c16-12-8-6-11(7-9-12)14-10-21-15(20(14)17)19-18-13-4-2-1-3-5-13/h6-10H,1-5,17H2/b19-15-. The molecule has 3 rings (SSSR count). The van der Waals surface area contributed by atoms with Crippen LogP contribution in [0.3, 0.4) is 0 Å². The van der Waals surface area contributed by atoms with Crippen LogP contribution < -0.4 is 10.6 Å². The van der Waals surface area contributed by atoms with Crippen molar-refractivity contribution in [1.82, 2.24) is 4.68 Å². The molecule has 21 heavy (non-hydrogen) atoms. The fourth-order valence-corrected chi connectivity index (χ4v) is 3.43. The van der Waals surface area contributed by atoms with Crippen molar-refractivity contribution in [3.8, 4) is 11.3 Å². The van der Waals surface area contributed by atoms with E-state index in [0.29, 0.717) is 0 Å². The zero-order chi connectivity index (χ0) is 14.7.